The molecule has 0 heterocycles. The van der Waals surface area contributed by atoms with Crippen LogP contribution in [-0.2, 0) is 4.79 Å². The Morgan fingerprint density at radius 2 is 2.30 bits per heavy atom. The topological polar surface area (TPSA) is 52.9 Å². The lowest BCUT2D eigenvalue weighted by Gasteiger charge is -2.16. The van der Waals surface area contributed by atoms with Crippen molar-refractivity contribution in [2.45, 2.75) is 13.8 Å². The molecule has 3 nitrogen and oxygen atoms in total. The maximum Gasteiger partial charge on any atom is 0.239 e. The third kappa shape index (κ3) is 2.24. The van der Waals surface area contributed by atoms with Gasteiger partial charge in [-0.05, 0) is 13.8 Å². The Hall–Kier alpha value is -0.750. The van der Waals surface area contributed by atoms with Crippen LogP contribution in [0.5, 0.6) is 0 Å². The van der Waals surface area contributed by atoms with Crippen LogP contribution in [0, 0.1) is 16.9 Å². The van der Waals surface area contributed by atoms with E-state index in [1.54, 1.807) is 20.0 Å². The SMILES string of the molecule is CC(C)(CCl)C(=O)NC#N. The molecule has 1 N–H and O–H groups in total. The molecule has 56 valence electrons. The molecule has 0 aliphatic heterocycles. The molecular formula is C6H9ClN2O. The Morgan fingerprint density at radius 3 is 2.60 bits per heavy atom. The lowest BCUT2D eigenvalue weighted by Crippen LogP contribution is -2.35. The summed E-state index contributed by atoms with van der Waals surface area (Å²) in [5, 5.41) is 10.1. The van der Waals surface area contributed by atoms with Gasteiger partial charge in [-0.25, -0.2) is 0 Å². The third-order valence-electron chi connectivity index (χ3n) is 1.12. The van der Waals surface area contributed by atoms with Gasteiger partial charge in [-0.15, -0.1) is 11.6 Å². The molecule has 0 atom stereocenters. The molecule has 4 heteroatoms. The number of halogens is 1. The molecule has 0 fully saturated rings. The quantitative estimate of drug-likeness (QED) is 0.370. The Balaban J connectivity index is 4.08. The zero-order valence-electron chi connectivity index (χ0n) is 5.94. The lowest BCUT2D eigenvalue weighted by molar-refractivity contribution is -0.127. The molecule has 0 radical (unpaired) electrons. The Kier molecular flexibility index (Phi) is 3.17. The molecule has 0 aliphatic carbocycles. The molecule has 0 spiro atoms. The number of amides is 1. The average Bonchev–Trinajstić information content (AvgIpc) is 1.89. The summed E-state index contributed by atoms with van der Waals surface area (Å²) in [6.45, 7) is 3.35. The van der Waals surface area contributed by atoms with Crippen LogP contribution in [-0.4, -0.2) is 11.8 Å². The van der Waals surface area contributed by atoms with Crippen molar-refractivity contribution in [3.63, 3.8) is 0 Å². The summed E-state index contributed by atoms with van der Waals surface area (Å²) in [6, 6.07) is 0. The number of nitriles is 1. The first-order valence-electron chi connectivity index (χ1n) is 2.80. The summed E-state index contributed by atoms with van der Waals surface area (Å²) >= 11 is 5.45. The number of alkyl halides is 1. The van der Waals surface area contributed by atoms with Gasteiger partial charge in [0.2, 0.25) is 5.91 Å². The van der Waals surface area contributed by atoms with Crippen molar-refractivity contribution >= 4 is 17.5 Å². The van der Waals surface area contributed by atoms with Gasteiger partial charge in [0.1, 0.15) is 0 Å². The van der Waals surface area contributed by atoms with Crippen molar-refractivity contribution in [1.29, 1.82) is 5.26 Å². The van der Waals surface area contributed by atoms with Gasteiger partial charge in [-0.2, -0.15) is 5.26 Å². The Bertz CT molecular complexity index is 171. The highest BCUT2D eigenvalue weighted by atomic mass is 35.5. The predicted octanol–water partition coefficient (Wildman–Crippen LogP) is 0.849. The van der Waals surface area contributed by atoms with Gasteiger partial charge >= 0.3 is 0 Å². The summed E-state index contributed by atoms with van der Waals surface area (Å²) < 4.78 is 0. The van der Waals surface area contributed by atoms with Gasteiger partial charge in [0.25, 0.3) is 0 Å². The number of nitrogens with zero attached hydrogens (tertiary/aromatic N) is 1. The van der Waals surface area contributed by atoms with Crippen LogP contribution in [0.15, 0.2) is 0 Å². The van der Waals surface area contributed by atoms with Gasteiger partial charge in [0, 0.05) is 5.88 Å². The van der Waals surface area contributed by atoms with Crippen LogP contribution < -0.4 is 5.32 Å². The Morgan fingerprint density at radius 1 is 1.80 bits per heavy atom. The third-order valence-corrected chi connectivity index (χ3v) is 1.79. The minimum Gasteiger partial charge on any atom is -0.273 e. The Labute approximate surface area is 65.0 Å². The first kappa shape index (κ1) is 9.25. The average molecular weight is 161 g/mol. The largest absolute Gasteiger partial charge is 0.273 e. The van der Waals surface area contributed by atoms with Crippen molar-refractivity contribution in [3.8, 4) is 6.19 Å². The number of carbonyl (C=O) groups excluding carboxylic acids is 1. The standard InChI is InChI=1S/C6H9ClN2O/c1-6(2,3-7)5(10)9-4-8/h3H2,1-2H3,(H,9,10). The second kappa shape index (κ2) is 3.43. The fourth-order valence-corrected chi connectivity index (χ4v) is 0.402. The van der Waals surface area contributed by atoms with Crippen LogP contribution in [0.4, 0.5) is 0 Å². The second-order valence-corrected chi connectivity index (χ2v) is 2.85. The van der Waals surface area contributed by atoms with E-state index in [9.17, 15) is 4.79 Å². The maximum absolute atomic E-state index is 10.9. The molecule has 0 aromatic heterocycles. The van der Waals surface area contributed by atoms with E-state index in [0.717, 1.165) is 0 Å². The van der Waals surface area contributed by atoms with Gasteiger partial charge in [-0.1, -0.05) is 0 Å². The molecule has 0 unspecified atom stereocenters. The number of hydrogen-bond donors (Lipinski definition) is 1. The zero-order chi connectivity index (χ0) is 8.20. The summed E-state index contributed by atoms with van der Waals surface area (Å²) in [5.41, 5.74) is -0.655. The number of rotatable bonds is 2. The van der Waals surface area contributed by atoms with Crippen molar-refractivity contribution in [1.82, 2.24) is 5.32 Å². The number of hydrogen-bond acceptors (Lipinski definition) is 2. The van der Waals surface area contributed by atoms with E-state index >= 15 is 0 Å². The van der Waals surface area contributed by atoms with Crippen LogP contribution in [0.2, 0.25) is 0 Å². The maximum atomic E-state index is 10.9. The smallest absolute Gasteiger partial charge is 0.239 e. The van der Waals surface area contributed by atoms with Crippen molar-refractivity contribution < 1.29 is 4.79 Å². The van der Waals surface area contributed by atoms with Gasteiger partial charge in [0.05, 0.1) is 5.41 Å². The predicted molar refractivity (Wildman–Crippen MR) is 38.3 cm³/mol. The monoisotopic (exact) mass is 160 g/mol. The molecule has 0 bridgehead atoms. The van der Waals surface area contributed by atoms with Crippen molar-refractivity contribution in [2.24, 2.45) is 5.41 Å². The number of nitrogens with one attached hydrogen (secondary N) is 1. The van der Waals surface area contributed by atoms with Gasteiger partial charge in [0.15, 0.2) is 6.19 Å². The van der Waals surface area contributed by atoms with Crippen LogP contribution in [0.1, 0.15) is 13.8 Å². The van der Waals surface area contributed by atoms with E-state index in [1.165, 1.54) is 0 Å². The molecule has 0 saturated carbocycles. The molecule has 0 saturated heterocycles. The van der Waals surface area contributed by atoms with Crippen LogP contribution in [0.25, 0.3) is 0 Å². The summed E-state index contributed by atoms with van der Waals surface area (Å²) in [6.07, 6.45) is 1.55. The van der Waals surface area contributed by atoms with Crippen LogP contribution >= 0.6 is 11.6 Å². The van der Waals surface area contributed by atoms with Gasteiger partial charge in [-0.3, -0.25) is 10.1 Å². The summed E-state index contributed by atoms with van der Waals surface area (Å²) in [7, 11) is 0. The van der Waals surface area contributed by atoms with Crippen molar-refractivity contribution in [3.05, 3.63) is 0 Å². The van der Waals surface area contributed by atoms with Crippen LogP contribution in [0.3, 0.4) is 0 Å². The highest BCUT2D eigenvalue weighted by Gasteiger charge is 2.25. The lowest BCUT2D eigenvalue weighted by atomic mass is 9.95. The highest BCUT2D eigenvalue weighted by molar-refractivity contribution is 6.19. The fourth-order valence-electron chi connectivity index (χ4n) is 0.281. The molecule has 0 aliphatic rings. The van der Waals surface area contributed by atoms with E-state index in [2.05, 4.69) is 0 Å². The minimum absolute atomic E-state index is 0.209. The summed E-state index contributed by atoms with van der Waals surface area (Å²) in [4.78, 5) is 10.9. The number of carbonyl (C=O) groups is 1. The van der Waals surface area contributed by atoms with E-state index in [0.29, 0.717) is 0 Å². The van der Waals surface area contributed by atoms with Gasteiger partial charge < -0.3 is 0 Å². The first-order chi connectivity index (χ1) is 4.54. The highest BCUT2D eigenvalue weighted by Crippen LogP contribution is 2.16. The first-order valence-corrected chi connectivity index (χ1v) is 3.33. The molecule has 0 aromatic carbocycles. The van der Waals surface area contributed by atoms with E-state index in [4.69, 9.17) is 16.9 Å². The van der Waals surface area contributed by atoms with E-state index < -0.39 is 5.41 Å². The van der Waals surface area contributed by atoms with E-state index in [-0.39, 0.29) is 11.8 Å². The van der Waals surface area contributed by atoms with E-state index in [1.807, 2.05) is 5.32 Å². The fraction of sp³-hybridized carbons (Fsp3) is 0.667. The second-order valence-electron chi connectivity index (χ2n) is 2.58. The molecule has 10 heavy (non-hydrogen) atoms. The van der Waals surface area contributed by atoms with Crippen molar-refractivity contribution in [2.75, 3.05) is 5.88 Å². The zero-order valence-corrected chi connectivity index (χ0v) is 6.70. The minimum atomic E-state index is -0.655. The normalized spacial score (nSPS) is 10.2. The molecular weight excluding hydrogens is 152 g/mol. The molecule has 0 rings (SSSR count). The molecule has 0 aromatic rings. The molecule has 1 amide bonds. The summed E-state index contributed by atoms with van der Waals surface area (Å²) in [5.74, 6) is -0.134.